The molecule has 0 amide bonds. The maximum Gasteiger partial charge on any atom is 0.318 e. The first-order chi connectivity index (χ1) is 19.1. The van der Waals surface area contributed by atoms with Crippen molar-refractivity contribution in [2.75, 3.05) is 62.7 Å². The first-order valence-electron chi connectivity index (χ1n) is 14.1. The van der Waals surface area contributed by atoms with Crippen molar-refractivity contribution in [2.45, 2.75) is 44.2 Å². The summed E-state index contributed by atoms with van der Waals surface area (Å²) in [6.45, 7) is 5.49. The fourth-order valence-electron chi connectivity index (χ4n) is 6.29. The number of ether oxygens (including phenoxy) is 1. The topological polar surface area (TPSA) is 80.5 Å². The van der Waals surface area contributed by atoms with Crippen LogP contribution in [0.4, 0.5) is 15.9 Å². The molecular formula is C30H36FN7O. The molecule has 1 N–H and O–H groups in total. The highest BCUT2D eigenvalue weighted by atomic mass is 19.1. The number of piperazine rings is 1. The summed E-state index contributed by atoms with van der Waals surface area (Å²) in [5, 5.41) is 14.3. The fourth-order valence-corrected chi connectivity index (χ4v) is 6.29. The Hall–Kier alpha value is -3.48. The Labute approximate surface area is 229 Å². The van der Waals surface area contributed by atoms with Gasteiger partial charge in [0.15, 0.2) is 0 Å². The van der Waals surface area contributed by atoms with E-state index in [1.54, 1.807) is 6.07 Å². The van der Waals surface area contributed by atoms with E-state index in [2.05, 4.69) is 33.1 Å². The van der Waals surface area contributed by atoms with Gasteiger partial charge in [-0.05, 0) is 50.4 Å². The molecule has 204 valence electrons. The van der Waals surface area contributed by atoms with Crippen molar-refractivity contribution in [1.82, 2.24) is 20.2 Å². The van der Waals surface area contributed by atoms with E-state index in [1.807, 2.05) is 24.3 Å². The van der Waals surface area contributed by atoms with E-state index in [-0.39, 0.29) is 11.9 Å². The van der Waals surface area contributed by atoms with Crippen molar-refractivity contribution in [3.63, 3.8) is 0 Å². The highest BCUT2D eigenvalue weighted by Gasteiger charge is 2.29. The second-order valence-electron chi connectivity index (χ2n) is 10.9. The standard InChI is InChI=1S/C30H36FN7O/c1-36-15-4-7-23(36)20-39-30-34-26-12-17-37(27-9-3-6-21-5-2-8-25(31)28(21)27)16-11-24(26)29(35-30)38-18-14-33-22(19-38)10-13-32/h2-3,5-6,8-9,22-23,33H,4,7,10-12,14-20H2,1H3/t22?,23-/m0/s1. The average molecular weight is 530 g/mol. The number of hydrogen-bond acceptors (Lipinski definition) is 8. The first kappa shape index (κ1) is 25.8. The Morgan fingerprint density at radius 2 is 1.92 bits per heavy atom. The molecule has 2 aromatic carbocycles. The summed E-state index contributed by atoms with van der Waals surface area (Å²) in [7, 11) is 2.14. The summed E-state index contributed by atoms with van der Waals surface area (Å²) in [5.41, 5.74) is 3.07. The lowest BCUT2D eigenvalue weighted by atomic mass is 10.1. The number of aromatic nitrogens is 2. The third kappa shape index (κ3) is 5.36. The van der Waals surface area contributed by atoms with Gasteiger partial charge in [0.25, 0.3) is 0 Å². The molecule has 2 fully saturated rings. The number of nitrogens with one attached hydrogen (secondary N) is 1. The van der Waals surface area contributed by atoms with Gasteiger partial charge < -0.3 is 24.8 Å². The van der Waals surface area contributed by atoms with Crippen LogP contribution in [0.15, 0.2) is 36.4 Å². The molecule has 3 aliphatic heterocycles. The molecule has 9 heteroatoms. The van der Waals surface area contributed by atoms with Crippen LogP contribution < -0.4 is 19.9 Å². The minimum absolute atomic E-state index is 0.104. The molecule has 0 bridgehead atoms. The SMILES string of the molecule is CN1CCC[C@H]1COc1nc2c(c(N3CCNC(CC#N)C3)n1)CCN(c1cccc3cccc(F)c13)CC2. The maximum atomic E-state index is 15.0. The number of anilines is 2. The van der Waals surface area contributed by atoms with E-state index >= 15 is 0 Å². The lowest BCUT2D eigenvalue weighted by Gasteiger charge is -2.35. The third-order valence-corrected chi connectivity index (χ3v) is 8.44. The number of fused-ring (bicyclic) bond motifs is 2. The van der Waals surface area contributed by atoms with Crippen molar-refractivity contribution in [2.24, 2.45) is 0 Å². The van der Waals surface area contributed by atoms with Gasteiger partial charge >= 0.3 is 6.01 Å². The van der Waals surface area contributed by atoms with Crippen LogP contribution in [0, 0.1) is 17.1 Å². The molecule has 2 saturated heterocycles. The summed E-state index contributed by atoms with van der Waals surface area (Å²) in [4.78, 5) is 16.8. The van der Waals surface area contributed by atoms with E-state index in [9.17, 15) is 9.65 Å². The summed E-state index contributed by atoms with van der Waals surface area (Å²) in [6.07, 6.45) is 4.25. The van der Waals surface area contributed by atoms with Gasteiger partial charge in [0, 0.05) is 67.9 Å². The van der Waals surface area contributed by atoms with Crippen LogP contribution in [0.1, 0.15) is 30.5 Å². The Morgan fingerprint density at radius 1 is 1.08 bits per heavy atom. The summed E-state index contributed by atoms with van der Waals surface area (Å²) < 4.78 is 21.2. The summed E-state index contributed by atoms with van der Waals surface area (Å²) >= 11 is 0. The quantitative estimate of drug-likeness (QED) is 0.520. The lowest BCUT2D eigenvalue weighted by molar-refractivity contribution is 0.187. The van der Waals surface area contributed by atoms with Gasteiger partial charge in [0.1, 0.15) is 18.2 Å². The van der Waals surface area contributed by atoms with E-state index in [1.165, 1.54) is 12.5 Å². The molecule has 0 spiro atoms. The largest absolute Gasteiger partial charge is 0.462 e. The van der Waals surface area contributed by atoms with Crippen molar-refractivity contribution in [1.29, 1.82) is 5.26 Å². The van der Waals surface area contributed by atoms with Crippen LogP contribution >= 0.6 is 0 Å². The fraction of sp³-hybridized carbons (Fsp3) is 0.500. The molecule has 4 heterocycles. The molecule has 1 aromatic heterocycles. The number of rotatable bonds is 6. The zero-order chi connectivity index (χ0) is 26.8. The van der Waals surface area contributed by atoms with Crippen LogP contribution in [-0.2, 0) is 12.8 Å². The molecule has 0 radical (unpaired) electrons. The smallest absolute Gasteiger partial charge is 0.318 e. The molecular weight excluding hydrogens is 493 g/mol. The Morgan fingerprint density at radius 3 is 2.74 bits per heavy atom. The van der Waals surface area contributed by atoms with Gasteiger partial charge in [-0.2, -0.15) is 15.2 Å². The number of likely N-dealkylation sites (tertiary alicyclic amines) is 1. The van der Waals surface area contributed by atoms with E-state index < -0.39 is 0 Å². The molecule has 39 heavy (non-hydrogen) atoms. The third-order valence-electron chi connectivity index (χ3n) is 8.44. The molecule has 2 atom stereocenters. The average Bonchev–Trinajstić information content (AvgIpc) is 3.24. The highest BCUT2D eigenvalue weighted by Crippen LogP contribution is 2.33. The molecule has 0 saturated carbocycles. The normalized spacial score (nSPS) is 22.0. The summed E-state index contributed by atoms with van der Waals surface area (Å²) in [5.74, 6) is 0.729. The predicted molar refractivity (Wildman–Crippen MR) is 151 cm³/mol. The van der Waals surface area contributed by atoms with Crippen LogP contribution in [-0.4, -0.2) is 79.9 Å². The second-order valence-corrected chi connectivity index (χ2v) is 10.9. The minimum Gasteiger partial charge on any atom is -0.462 e. The zero-order valence-corrected chi connectivity index (χ0v) is 22.6. The maximum absolute atomic E-state index is 15.0. The van der Waals surface area contributed by atoms with Gasteiger partial charge in [0.2, 0.25) is 0 Å². The number of likely N-dealkylation sites (N-methyl/N-ethyl adjacent to an activating group) is 1. The molecule has 6 rings (SSSR count). The monoisotopic (exact) mass is 529 g/mol. The van der Waals surface area contributed by atoms with E-state index in [4.69, 9.17) is 14.7 Å². The first-order valence-corrected chi connectivity index (χ1v) is 14.1. The predicted octanol–water partition coefficient (Wildman–Crippen LogP) is 3.54. The highest BCUT2D eigenvalue weighted by molar-refractivity contribution is 5.94. The molecule has 3 aromatic rings. The van der Waals surface area contributed by atoms with Gasteiger partial charge in [0.05, 0.1) is 18.2 Å². The van der Waals surface area contributed by atoms with Crippen LogP contribution in [0.3, 0.4) is 0 Å². The van der Waals surface area contributed by atoms with Gasteiger partial charge in [-0.1, -0.05) is 24.3 Å². The molecule has 3 aliphatic rings. The van der Waals surface area contributed by atoms with Gasteiger partial charge in [-0.3, -0.25) is 0 Å². The Bertz CT molecular complexity index is 1370. The number of nitrogens with zero attached hydrogens (tertiary/aromatic N) is 6. The Kier molecular flexibility index (Phi) is 7.49. The zero-order valence-electron chi connectivity index (χ0n) is 22.6. The van der Waals surface area contributed by atoms with Crippen LogP contribution in [0.2, 0.25) is 0 Å². The second kappa shape index (κ2) is 11.3. The van der Waals surface area contributed by atoms with Gasteiger partial charge in [-0.15, -0.1) is 0 Å². The molecule has 1 unspecified atom stereocenters. The Balaban J connectivity index is 1.31. The number of hydrogen-bond donors (Lipinski definition) is 1. The van der Waals surface area contributed by atoms with Crippen LogP contribution in [0.25, 0.3) is 10.8 Å². The van der Waals surface area contributed by atoms with E-state index in [0.717, 1.165) is 86.7 Å². The van der Waals surface area contributed by atoms with Crippen molar-refractivity contribution in [3.8, 4) is 12.1 Å². The van der Waals surface area contributed by atoms with Crippen molar-refractivity contribution in [3.05, 3.63) is 53.5 Å². The number of nitriles is 1. The minimum atomic E-state index is -0.192. The van der Waals surface area contributed by atoms with Gasteiger partial charge in [-0.25, -0.2) is 4.39 Å². The lowest BCUT2D eigenvalue weighted by Crippen LogP contribution is -2.51. The molecule has 8 nitrogen and oxygen atoms in total. The van der Waals surface area contributed by atoms with Crippen molar-refractivity contribution < 1.29 is 9.13 Å². The summed E-state index contributed by atoms with van der Waals surface area (Å²) in [6, 6.07) is 14.5. The van der Waals surface area contributed by atoms with Crippen LogP contribution in [0.5, 0.6) is 6.01 Å². The van der Waals surface area contributed by atoms with E-state index in [0.29, 0.717) is 30.5 Å². The number of benzene rings is 2. The van der Waals surface area contributed by atoms with Crippen molar-refractivity contribution >= 4 is 22.3 Å². The molecule has 0 aliphatic carbocycles. The number of halogens is 1.